The van der Waals surface area contributed by atoms with Gasteiger partial charge in [-0.15, -0.1) is 5.10 Å². The first-order valence-corrected chi connectivity index (χ1v) is 19.9. The smallest absolute Gasteiger partial charge is 0.248 e. The quantitative estimate of drug-likeness (QED) is 0.101. The zero-order valence-electron chi connectivity index (χ0n) is 33.4. The summed E-state index contributed by atoms with van der Waals surface area (Å²) < 4.78 is 1.45. The summed E-state index contributed by atoms with van der Waals surface area (Å²) in [6.45, 7) is 13.7. The van der Waals surface area contributed by atoms with Crippen LogP contribution < -0.4 is 0 Å². The largest absolute Gasteiger partial charge is 0.304 e. The third kappa shape index (κ3) is 16.5. The fraction of sp³-hybridized carbons (Fsp3) is 0.364. The normalized spacial score (nSPS) is 10.3. The van der Waals surface area contributed by atoms with Crippen molar-refractivity contribution in [3.05, 3.63) is 132 Å². The second-order valence-electron chi connectivity index (χ2n) is 12.6. The first-order valence-electron chi connectivity index (χ1n) is 19.5. The van der Waals surface area contributed by atoms with Crippen molar-refractivity contribution >= 4 is 22.8 Å². The van der Waals surface area contributed by atoms with Crippen molar-refractivity contribution in [2.75, 3.05) is 19.6 Å². The lowest BCUT2D eigenvalue weighted by atomic mass is 10.1. The average Bonchev–Trinajstić information content (AvgIpc) is 3.91. The number of aromatic nitrogens is 8. The fourth-order valence-electron chi connectivity index (χ4n) is 5.38. The maximum absolute atomic E-state index is 12.2. The number of aromatic amines is 1. The van der Waals surface area contributed by atoms with E-state index in [2.05, 4.69) is 97.3 Å². The zero-order chi connectivity index (χ0) is 40.4. The maximum Gasteiger partial charge on any atom is 0.248 e. The zero-order valence-corrected chi connectivity index (χ0v) is 34.2. The van der Waals surface area contributed by atoms with Crippen molar-refractivity contribution in [1.82, 2.24) is 44.8 Å². The SMILES string of the molecule is CCC(=O)Cl.CCC(=O)n1nc(-c2cccnc2)nc1CCCc1ccccc1.CCN(CC)CC.c1ccc(CCCc2nc(-c3cccnc3)n[nH]2)cc1. The second kappa shape index (κ2) is 26.4. The number of rotatable bonds is 15. The monoisotopic (exact) mass is 777 g/mol. The number of benzene rings is 2. The highest BCUT2D eigenvalue weighted by Gasteiger charge is 2.16. The lowest BCUT2D eigenvalue weighted by Crippen LogP contribution is -2.21. The van der Waals surface area contributed by atoms with Crippen molar-refractivity contribution in [1.29, 1.82) is 0 Å². The van der Waals surface area contributed by atoms with Crippen molar-refractivity contribution in [3.8, 4) is 22.8 Å². The summed E-state index contributed by atoms with van der Waals surface area (Å²) in [5.41, 5.74) is 4.42. The van der Waals surface area contributed by atoms with Crippen LogP contribution in [-0.4, -0.2) is 75.6 Å². The molecule has 2 aromatic carbocycles. The lowest BCUT2D eigenvalue weighted by Gasteiger charge is -2.13. The molecule has 4 aromatic heterocycles. The molecule has 6 rings (SSSR count). The van der Waals surface area contributed by atoms with E-state index < -0.39 is 0 Å². The molecule has 4 heterocycles. The number of pyridine rings is 2. The van der Waals surface area contributed by atoms with E-state index >= 15 is 0 Å². The van der Waals surface area contributed by atoms with Crippen molar-refractivity contribution in [2.45, 2.75) is 86.0 Å². The molecule has 1 N–H and O–H groups in total. The highest BCUT2D eigenvalue weighted by molar-refractivity contribution is 6.63. The van der Waals surface area contributed by atoms with Gasteiger partial charge in [0.25, 0.3) is 0 Å². The molecular weight excluding hydrogens is 722 g/mol. The molecule has 0 bridgehead atoms. The minimum absolute atomic E-state index is 0.0349. The molecule has 6 aromatic rings. The minimum Gasteiger partial charge on any atom is -0.304 e. The Morgan fingerprint density at radius 2 is 1.16 bits per heavy atom. The third-order valence-electron chi connectivity index (χ3n) is 8.63. The van der Waals surface area contributed by atoms with Crippen LogP contribution in [-0.2, 0) is 30.5 Å². The molecule has 0 amide bonds. The van der Waals surface area contributed by atoms with Crippen LogP contribution in [0.4, 0.5) is 0 Å². The summed E-state index contributed by atoms with van der Waals surface area (Å²) in [4.78, 5) is 41.4. The van der Waals surface area contributed by atoms with Gasteiger partial charge >= 0.3 is 0 Å². The third-order valence-corrected chi connectivity index (χ3v) is 8.90. The molecule has 0 saturated heterocycles. The highest BCUT2D eigenvalue weighted by Crippen LogP contribution is 2.17. The van der Waals surface area contributed by atoms with Gasteiger partial charge in [0.2, 0.25) is 11.1 Å². The van der Waals surface area contributed by atoms with Crippen LogP contribution in [0.1, 0.15) is 87.9 Å². The van der Waals surface area contributed by atoms with Crippen LogP contribution >= 0.6 is 11.6 Å². The summed E-state index contributed by atoms with van der Waals surface area (Å²) in [6.07, 6.45) is 13.4. The molecule has 0 aliphatic rings. The summed E-state index contributed by atoms with van der Waals surface area (Å²) in [5, 5.41) is 11.4. The standard InChI is InChI=1S/C19H20N4O.C16H16N4.C6H15N.C3H5ClO/c1-2-18(24)23-17(12-6-10-15-8-4-3-5-9-15)21-19(22-23)16-11-7-13-20-14-16;1-2-6-13(7-3-1)8-4-10-15-18-16(20-19-15)14-9-5-11-17-12-14;1-4-7(5-2)6-3;1-2-3(4)5/h3-5,7-9,11,13-14H,2,6,10,12H2,1H3;1-3,5-7,9,11-12H,4,8,10H2,(H,18,19,20);4-6H2,1-3H3;2H2,1H3. The van der Waals surface area contributed by atoms with Gasteiger partial charge in [0.15, 0.2) is 11.6 Å². The van der Waals surface area contributed by atoms with Gasteiger partial charge in [-0.3, -0.25) is 24.7 Å². The van der Waals surface area contributed by atoms with E-state index in [0.29, 0.717) is 30.9 Å². The molecule has 56 heavy (non-hydrogen) atoms. The van der Waals surface area contributed by atoms with Crippen molar-refractivity contribution in [3.63, 3.8) is 0 Å². The molecule has 0 fully saturated rings. The molecule has 0 spiro atoms. The van der Waals surface area contributed by atoms with E-state index in [1.54, 1.807) is 31.7 Å². The molecule has 0 saturated carbocycles. The first kappa shape index (κ1) is 45.0. The Balaban J connectivity index is 0.000000236. The van der Waals surface area contributed by atoms with Crippen molar-refractivity contribution in [2.24, 2.45) is 0 Å². The molecule has 0 radical (unpaired) electrons. The fourth-order valence-corrected chi connectivity index (χ4v) is 5.38. The number of halogens is 1. The van der Waals surface area contributed by atoms with Gasteiger partial charge in [-0.25, -0.2) is 9.97 Å². The Morgan fingerprint density at radius 3 is 1.61 bits per heavy atom. The molecule has 11 nitrogen and oxygen atoms in total. The maximum atomic E-state index is 12.2. The average molecular weight is 778 g/mol. The first-order chi connectivity index (χ1) is 27.3. The van der Waals surface area contributed by atoms with Crippen LogP contribution in [0.15, 0.2) is 110 Å². The molecule has 0 atom stereocenters. The summed E-state index contributed by atoms with van der Waals surface area (Å²) in [7, 11) is 0. The highest BCUT2D eigenvalue weighted by atomic mass is 35.5. The Kier molecular flexibility index (Phi) is 21.2. The number of carbonyl (C=O) groups is 2. The van der Waals surface area contributed by atoms with E-state index in [1.807, 2.05) is 55.5 Å². The van der Waals surface area contributed by atoms with Crippen molar-refractivity contribution < 1.29 is 9.59 Å². The molecule has 12 heteroatoms. The molecule has 0 aliphatic carbocycles. The number of H-pyrrole nitrogens is 1. The summed E-state index contributed by atoms with van der Waals surface area (Å²) >= 11 is 4.82. The van der Waals surface area contributed by atoms with Gasteiger partial charge in [-0.2, -0.15) is 9.78 Å². The Labute approximate surface area is 337 Å². The van der Waals surface area contributed by atoms with E-state index in [4.69, 9.17) is 11.6 Å². The number of nitrogens with zero attached hydrogens (tertiary/aromatic N) is 8. The second-order valence-corrected chi connectivity index (χ2v) is 13.0. The Morgan fingerprint density at radius 1 is 0.643 bits per heavy atom. The predicted octanol–water partition coefficient (Wildman–Crippen LogP) is 9.12. The predicted molar refractivity (Wildman–Crippen MR) is 225 cm³/mol. The van der Waals surface area contributed by atoms with E-state index in [0.717, 1.165) is 54.9 Å². The summed E-state index contributed by atoms with van der Waals surface area (Å²) in [6, 6.07) is 28.4. The van der Waals surface area contributed by atoms with Crippen LogP contribution in [0.3, 0.4) is 0 Å². The van der Waals surface area contributed by atoms with Gasteiger partial charge < -0.3 is 4.90 Å². The number of carbonyl (C=O) groups excluding carboxylic acids is 2. The topological polar surface area (TPSA) is 135 Å². The van der Waals surface area contributed by atoms with Crippen LogP contribution in [0.2, 0.25) is 0 Å². The van der Waals surface area contributed by atoms with E-state index in [1.165, 1.54) is 35.4 Å². The van der Waals surface area contributed by atoms with Gasteiger partial charge in [-0.05, 0) is 92.3 Å². The van der Waals surface area contributed by atoms with Crippen LogP contribution in [0, 0.1) is 0 Å². The van der Waals surface area contributed by atoms with Crippen LogP contribution in [0.25, 0.3) is 22.8 Å². The lowest BCUT2D eigenvalue weighted by molar-refractivity contribution is -0.111. The number of aryl methyl sites for hydroxylation is 4. The molecule has 296 valence electrons. The number of nitrogens with one attached hydrogen (secondary N) is 1. The van der Waals surface area contributed by atoms with Crippen LogP contribution in [0.5, 0.6) is 0 Å². The summed E-state index contributed by atoms with van der Waals surface area (Å²) in [5.74, 6) is 2.89. The van der Waals surface area contributed by atoms with E-state index in [9.17, 15) is 9.59 Å². The minimum atomic E-state index is -0.273. The van der Waals surface area contributed by atoms with Gasteiger partial charge in [0.1, 0.15) is 11.6 Å². The molecule has 0 unspecified atom stereocenters. The van der Waals surface area contributed by atoms with Gasteiger partial charge in [-0.1, -0.05) is 95.3 Å². The molecule has 0 aliphatic heterocycles. The number of hydrogen-bond donors (Lipinski definition) is 1. The van der Waals surface area contributed by atoms with E-state index in [-0.39, 0.29) is 11.1 Å². The van der Waals surface area contributed by atoms with Gasteiger partial charge in [0, 0.05) is 61.6 Å². The molecular formula is C44H56ClN9O2. The Bertz CT molecular complexity index is 1930. The van der Waals surface area contributed by atoms with Gasteiger partial charge in [0.05, 0.1) is 0 Å². The number of hydrogen-bond acceptors (Lipinski definition) is 9. The Hall–Kier alpha value is -5.39.